The van der Waals surface area contributed by atoms with Crippen LogP contribution in [0.5, 0.6) is 0 Å². The van der Waals surface area contributed by atoms with Gasteiger partial charge < -0.3 is 19.5 Å². The molecule has 0 atom stereocenters. The highest BCUT2D eigenvalue weighted by Crippen LogP contribution is 2.21. The van der Waals surface area contributed by atoms with E-state index in [1.54, 1.807) is 0 Å². The Bertz CT molecular complexity index is 1150. The molecule has 0 aliphatic heterocycles. The lowest BCUT2D eigenvalue weighted by Gasteiger charge is -2.21. The Balaban J connectivity index is 0.000000757. The highest BCUT2D eigenvalue weighted by Gasteiger charge is 2.18. The van der Waals surface area contributed by atoms with Gasteiger partial charge >= 0.3 is 11.9 Å². The molecule has 0 saturated heterocycles. The number of ketones is 1. The third-order valence-electron chi connectivity index (χ3n) is 6.60. The highest BCUT2D eigenvalue weighted by molar-refractivity contribution is 6.27. The van der Waals surface area contributed by atoms with E-state index in [-0.39, 0.29) is 5.78 Å². The number of aliphatic carboxylic acids is 2. The third kappa shape index (κ3) is 9.45. The van der Waals surface area contributed by atoms with Gasteiger partial charge in [-0.3, -0.25) is 4.79 Å². The van der Waals surface area contributed by atoms with E-state index in [9.17, 15) is 4.79 Å². The number of carbonyl (C=O) groups excluding carboxylic acids is 1. The molecule has 0 radical (unpaired) electrons. The number of carbonyl (C=O) groups is 3. The quantitative estimate of drug-likeness (QED) is 0.150. The number of carboxylic acid groups (broad SMARTS) is 2. The largest absolute Gasteiger partial charge is 0.473 e. The second-order valence-electron chi connectivity index (χ2n) is 9.51. The lowest BCUT2D eigenvalue weighted by Crippen LogP contribution is -2.27. The first-order valence-corrected chi connectivity index (χ1v) is 13.7. The molecule has 206 valence electrons. The van der Waals surface area contributed by atoms with E-state index >= 15 is 0 Å². The lowest BCUT2D eigenvalue weighted by molar-refractivity contribution is -0.159. The van der Waals surface area contributed by atoms with Gasteiger partial charge in [0.1, 0.15) is 0 Å². The van der Waals surface area contributed by atoms with Gasteiger partial charge in [-0.2, -0.15) is 0 Å². The molecule has 0 bridgehead atoms. The van der Waals surface area contributed by atoms with Gasteiger partial charge in [0.15, 0.2) is 0 Å². The number of aryl methyl sites for hydroxylation is 2. The van der Waals surface area contributed by atoms with Crippen LogP contribution in [0.3, 0.4) is 0 Å². The molecule has 0 aliphatic rings. The number of fused-ring (bicyclic) bond motifs is 1. The Morgan fingerprint density at radius 2 is 1.39 bits per heavy atom. The summed E-state index contributed by atoms with van der Waals surface area (Å²) >= 11 is 0. The molecule has 0 saturated carbocycles. The summed E-state index contributed by atoms with van der Waals surface area (Å²) < 4.78 is 2.03. The molecular formula is C31H42N2O5. The molecule has 0 aliphatic carbocycles. The van der Waals surface area contributed by atoms with Crippen molar-refractivity contribution in [2.45, 2.75) is 72.1 Å². The SMILES string of the molecule is CCCCN(CCCC)CCCCc1ccc(C(=O)c2c(CC)cc3ccccn23)cc1.O=C(O)C(=O)O. The summed E-state index contributed by atoms with van der Waals surface area (Å²) in [7, 11) is 0. The fourth-order valence-electron chi connectivity index (χ4n) is 4.43. The second-order valence-corrected chi connectivity index (χ2v) is 9.51. The zero-order chi connectivity index (χ0) is 27.9. The van der Waals surface area contributed by atoms with Crippen molar-refractivity contribution >= 4 is 23.2 Å². The minimum atomic E-state index is -1.82. The number of hydrogen-bond donors (Lipinski definition) is 2. The van der Waals surface area contributed by atoms with Crippen molar-refractivity contribution in [1.29, 1.82) is 0 Å². The lowest BCUT2D eigenvalue weighted by atomic mass is 10.0. The predicted molar refractivity (Wildman–Crippen MR) is 151 cm³/mol. The van der Waals surface area contributed by atoms with E-state index in [1.165, 1.54) is 63.7 Å². The number of unbranched alkanes of at least 4 members (excludes halogenated alkanes) is 3. The molecule has 2 heterocycles. The molecule has 0 fully saturated rings. The Hall–Kier alpha value is -3.45. The van der Waals surface area contributed by atoms with E-state index < -0.39 is 11.9 Å². The third-order valence-corrected chi connectivity index (χ3v) is 6.60. The first kappa shape index (κ1) is 30.8. The zero-order valence-corrected chi connectivity index (χ0v) is 23.0. The molecule has 0 unspecified atom stereocenters. The molecule has 38 heavy (non-hydrogen) atoms. The maximum atomic E-state index is 13.3. The minimum Gasteiger partial charge on any atom is -0.473 e. The van der Waals surface area contributed by atoms with Crippen LogP contribution >= 0.6 is 0 Å². The van der Waals surface area contributed by atoms with E-state index in [4.69, 9.17) is 19.8 Å². The number of pyridine rings is 1. The summed E-state index contributed by atoms with van der Waals surface area (Å²) in [6.07, 6.45) is 11.5. The summed E-state index contributed by atoms with van der Waals surface area (Å²) in [5.41, 5.74) is 5.09. The molecule has 0 spiro atoms. The molecule has 2 aromatic heterocycles. The van der Waals surface area contributed by atoms with Gasteiger partial charge in [-0.05, 0) is 87.5 Å². The molecule has 0 amide bonds. The molecule has 2 N–H and O–H groups in total. The zero-order valence-electron chi connectivity index (χ0n) is 23.0. The van der Waals surface area contributed by atoms with Crippen molar-refractivity contribution < 1.29 is 24.6 Å². The molecule has 7 heteroatoms. The number of aromatic nitrogens is 1. The van der Waals surface area contributed by atoms with Gasteiger partial charge in [-0.1, -0.05) is 63.9 Å². The first-order chi connectivity index (χ1) is 18.3. The van der Waals surface area contributed by atoms with Crippen LogP contribution in [-0.2, 0) is 22.4 Å². The van der Waals surface area contributed by atoms with Crippen LogP contribution < -0.4 is 0 Å². The summed E-state index contributed by atoms with van der Waals surface area (Å²) in [5.74, 6) is -3.54. The van der Waals surface area contributed by atoms with Gasteiger partial charge in [0, 0.05) is 17.3 Å². The van der Waals surface area contributed by atoms with Crippen LogP contribution in [0.25, 0.3) is 5.52 Å². The highest BCUT2D eigenvalue weighted by atomic mass is 16.4. The monoisotopic (exact) mass is 522 g/mol. The molecule has 3 aromatic rings. The van der Waals surface area contributed by atoms with E-state index in [0.29, 0.717) is 0 Å². The van der Waals surface area contributed by atoms with Crippen molar-refractivity contribution in [2.75, 3.05) is 19.6 Å². The first-order valence-electron chi connectivity index (χ1n) is 13.7. The fraction of sp³-hybridized carbons (Fsp3) is 0.452. The normalized spacial score (nSPS) is 10.8. The van der Waals surface area contributed by atoms with Gasteiger partial charge in [-0.25, -0.2) is 9.59 Å². The number of nitrogens with zero attached hydrogens (tertiary/aromatic N) is 2. The predicted octanol–water partition coefficient (Wildman–Crippen LogP) is 6.11. The Kier molecular flexibility index (Phi) is 13.3. The maximum absolute atomic E-state index is 13.3. The molecular weight excluding hydrogens is 480 g/mol. The standard InChI is InChI=1S/C29H40N2O.C2H2O4/c1-4-7-19-30(20-8-5-2)21-11-9-13-24-15-17-26(18-16-24)29(32)28-25(6-3)23-27-14-10-12-22-31(27)28;3-1(4)2(5)6/h10,12,14-18,22-23H,4-9,11,13,19-21H2,1-3H3;(H,3,4)(H,5,6). The van der Waals surface area contributed by atoms with E-state index in [2.05, 4.69) is 49.9 Å². The van der Waals surface area contributed by atoms with Crippen LogP contribution in [0.2, 0.25) is 0 Å². The van der Waals surface area contributed by atoms with Crippen molar-refractivity contribution in [3.63, 3.8) is 0 Å². The number of rotatable bonds is 14. The summed E-state index contributed by atoms with van der Waals surface area (Å²) in [4.78, 5) is 34.1. The summed E-state index contributed by atoms with van der Waals surface area (Å²) in [6, 6.07) is 16.5. The van der Waals surface area contributed by atoms with Crippen LogP contribution in [0, 0.1) is 0 Å². The molecule has 3 rings (SSSR count). The Labute approximate surface area is 226 Å². The average molecular weight is 523 g/mol. The second kappa shape index (κ2) is 16.4. The van der Waals surface area contributed by atoms with Crippen molar-refractivity contribution in [1.82, 2.24) is 9.30 Å². The number of hydrogen-bond acceptors (Lipinski definition) is 4. The average Bonchev–Trinajstić information content (AvgIpc) is 3.31. The summed E-state index contributed by atoms with van der Waals surface area (Å²) in [6.45, 7) is 10.3. The van der Waals surface area contributed by atoms with Crippen molar-refractivity contribution in [3.8, 4) is 0 Å². The van der Waals surface area contributed by atoms with E-state index in [1.807, 2.05) is 34.9 Å². The topological polar surface area (TPSA) is 99.3 Å². The molecule has 7 nitrogen and oxygen atoms in total. The van der Waals surface area contributed by atoms with Crippen LogP contribution in [0.4, 0.5) is 0 Å². The maximum Gasteiger partial charge on any atom is 0.414 e. The van der Waals surface area contributed by atoms with Crippen molar-refractivity contribution in [2.24, 2.45) is 0 Å². The van der Waals surface area contributed by atoms with Gasteiger partial charge in [0.2, 0.25) is 5.78 Å². The van der Waals surface area contributed by atoms with Crippen LogP contribution in [0.15, 0.2) is 54.7 Å². The fourth-order valence-corrected chi connectivity index (χ4v) is 4.43. The van der Waals surface area contributed by atoms with E-state index in [0.717, 1.165) is 35.2 Å². The number of carboxylic acids is 2. The van der Waals surface area contributed by atoms with Gasteiger partial charge in [0.05, 0.1) is 5.69 Å². The Morgan fingerprint density at radius 1 is 0.789 bits per heavy atom. The summed E-state index contributed by atoms with van der Waals surface area (Å²) in [5, 5.41) is 14.8. The van der Waals surface area contributed by atoms with Crippen LogP contribution in [0.1, 0.15) is 86.5 Å². The van der Waals surface area contributed by atoms with Gasteiger partial charge in [0.25, 0.3) is 0 Å². The number of benzene rings is 1. The minimum absolute atomic E-state index is 0.113. The van der Waals surface area contributed by atoms with Crippen LogP contribution in [-0.4, -0.2) is 56.9 Å². The Morgan fingerprint density at radius 3 is 1.95 bits per heavy atom. The van der Waals surface area contributed by atoms with Gasteiger partial charge in [-0.15, -0.1) is 0 Å². The van der Waals surface area contributed by atoms with Crippen molar-refractivity contribution in [3.05, 3.63) is 77.1 Å². The smallest absolute Gasteiger partial charge is 0.414 e. The molecule has 1 aromatic carbocycles.